The van der Waals surface area contributed by atoms with Crippen molar-refractivity contribution in [2.45, 2.75) is 19.5 Å². The number of anilines is 1. The van der Waals surface area contributed by atoms with Crippen molar-refractivity contribution >= 4 is 11.6 Å². The zero-order chi connectivity index (χ0) is 13.8. The molecule has 1 atom stereocenters. The average Bonchev–Trinajstić information content (AvgIpc) is 2.87. The summed E-state index contributed by atoms with van der Waals surface area (Å²) in [6, 6.07) is 2.40. The molecular formula is C10H13N7O2. The fourth-order valence-corrected chi connectivity index (χ4v) is 1.53. The number of aromatic amines is 1. The van der Waals surface area contributed by atoms with Crippen LogP contribution in [0.3, 0.4) is 0 Å². The van der Waals surface area contributed by atoms with Gasteiger partial charge in [0.1, 0.15) is 6.54 Å². The zero-order valence-electron chi connectivity index (χ0n) is 10.2. The first kappa shape index (κ1) is 12.7. The molecule has 9 heteroatoms. The van der Waals surface area contributed by atoms with E-state index in [1.165, 1.54) is 22.9 Å². The first-order valence-electron chi connectivity index (χ1n) is 5.55. The molecule has 0 bridgehead atoms. The Morgan fingerprint density at radius 3 is 3.05 bits per heavy atom. The van der Waals surface area contributed by atoms with Gasteiger partial charge in [-0.2, -0.15) is 5.21 Å². The number of nitrogens with zero attached hydrogens (tertiary/aromatic N) is 4. The number of amides is 1. The van der Waals surface area contributed by atoms with Gasteiger partial charge in [0, 0.05) is 18.0 Å². The molecule has 2 aromatic heterocycles. The molecule has 0 aliphatic heterocycles. The standard InChI is InChI=1S/C10H13N7O2/c1-6(10-13-15-16-14-10)12-8(18)5-17-4-7(11)2-3-9(17)19/h2-4,6H,5,11H2,1H3,(H,12,18)(H,13,14,15,16). The number of tetrazole rings is 1. The Labute approximate surface area is 107 Å². The van der Waals surface area contributed by atoms with Crippen LogP contribution in [0.15, 0.2) is 23.1 Å². The number of H-pyrrole nitrogens is 1. The van der Waals surface area contributed by atoms with Crippen LogP contribution < -0.4 is 16.6 Å². The quantitative estimate of drug-likeness (QED) is 0.636. The predicted molar refractivity (Wildman–Crippen MR) is 65.8 cm³/mol. The Bertz CT molecular complexity index is 619. The summed E-state index contributed by atoms with van der Waals surface area (Å²) in [5, 5.41) is 15.9. The number of carbonyl (C=O) groups excluding carboxylic acids is 1. The minimum absolute atomic E-state index is 0.119. The maximum absolute atomic E-state index is 11.8. The third-order valence-corrected chi connectivity index (χ3v) is 2.45. The fraction of sp³-hybridized carbons (Fsp3) is 0.300. The third kappa shape index (κ3) is 3.15. The molecule has 100 valence electrons. The van der Waals surface area contributed by atoms with Crippen LogP contribution in [0.4, 0.5) is 5.69 Å². The molecule has 0 saturated heterocycles. The molecule has 2 aromatic rings. The van der Waals surface area contributed by atoms with E-state index in [0.29, 0.717) is 11.5 Å². The molecule has 1 amide bonds. The summed E-state index contributed by atoms with van der Waals surface area (Å²) in [5.41, 5.74) is 5.68. The monoisotopic (exact) mass is 263 g/mol. The number of hydrogen-bond acceptors (Lipinski definition) is 6. The normalized spacial score (nSPS) is 12.1. The fourth-order valence-electron chi connectivity index (χ4n) is 1.53. The Kier molecular flexibility index (Phi) is 3.55. The summed E-state index contributed by atoms with van der Waals surface area (Å²) < 4.78 is 1.23. The van der Waals surface area contributed by atoms with Gasteiger partial charge >= 0.3 is 0 Å². The summed E-state index contributed by atoms with van der Waals surface area (Å²) >= 11 is 0. The van der Waals surface area contributed by atoms with Gasteiger partial charge in [0.2, 0.25) is 5.91 Å². The molecule has 4 N–H and O–H groups in total. The van der Waals surface area contributed by atoms with Crippen molar-refractivity contribution in [3.05, 3.63) is 34.5 Å². The molecule has 1 unspecified atom stereocenters. The summed E-state index contributed by atoms with van der Waals surface area (Å²) in [6.07, 6.45) is 1.42. The average molecular weight is 263 g/mol. The first-order valence-corrected chi connectivity index (χ1v) is 5.55. The molecule has 2 heterocycles. The first-order chi connectivity index (χ1) is 9.06. The van der Waals surface area contributed by atoms with E-state index in [4.69, 9.17) is 5.73 Å². The van der Waals surface area contributed by atoms with Gasteiger partial charge < -0.3 is 15.6 Å². The summed E-state index contributed by atoms with van der Waals surface area (Å²) in [5.74, 6) is 0.0262. The second-order valence-corrected chi connectivity index (χ2v) is 3.99. The Hall–Kier alpha value is -2.71. The number of nitrogens with one attached hydrogen (secondary N) is 2. The number of nitrogens with two attached hydrogens (primary N) is 1. The van der Waals surface area contributed by atoms with Crippen molar-refractivity contribution in [1.29, 1.82) is 0 Å². The summed E-state index contributed by atoms with van der Waals surface area (Å²) in [7, 11) is 0. The van der Waals surface area contributed by atoms with Gasteiger partial charge in [-0.25, -0.2) is 0 Å². The lowest BCUT2D eigenvalue weighted by atomic mass is 10.3. The molecule has 0 radical (unpaired) electrons. The summed E-state index contributed by atoms with van der Waals surface area (Å²) in [4.78, 5) is 23.3. The van der Waals surface area contributed by atoms with Crippen molar-refractivity contribution < 1.29 is 4.79 Å². The van der Waals surface area contributed by atoms with Gasteiger partial charge in [0.05, 0.1) is 6.04 Å². The minimum Gasteiger partial charge on any atom is -0.398 e. The smallest absolute Gasteiger partial charge is 0.251 e. The highest BCUT2D eigenvalue weighted by Gasteiger charge is 2.13. The van der Waals surface area contributed by atoms with Gasteiger partial charge in [-0.3, -0.25) is 9.59 Å². The number of nitrogen functional groups attached to an aromatic ring is 1. The molecule has 0 aromatic carbocycles. The molecular weight excluding hydrogens is 250 g/mol. The third-order valence-electron chi connectivity index (χ3n) is 2.45. The zero-order valence-corrected chi connectivity index (χ0v) is 10.2. The van der Waals surface area contributed by atoms with Crippen LogP contribution in [-0.4, -0.2) is 31.1 Å². The molecule has 9 nitrogen and oxygen atoms in total. The second-order valence-electron chi connectivity index (χ2n) is 3.99. The van der Waals surface area contributed by atoms with Gasteiger partial charge in [-0.05, 0) is 13.0 Å². The summed E-state index contributed by atoms with van der Waals surface area (Å²) in [6.45, 7) is 1.59. The molecule has 0 spiro atoms. The van der Waals surface area contributed by atoms with E-state index >= 15 is 0 Å². The number of hydrogen-bond donors (Lipinski definition) is 3. The van der Waals surface area contributed by atoms with Crippen LogP contribution >= 0.6 is 0 Å². The van der Waals surface area contributed by atoms with Crippen LogP contribution in [0.5, 0.6) is 0 Å². The number of rotatable bonds is 4. The van der Waals surface area contributed by atoms with Crippen LogP contribution in [0.25, 0.3) is 0 Å². The predicted octanol–water partition coefficient (Wildman–Crippen LogP) is -1.18. The minimum atomic E-state index is -0.400. The highest BCUT2D eigenvalue weighted by molar-refractivity contribution is 5.76. The highest BCUT2D eigenvalue weighted by Crippen LogP contribution is 2.03. The molecule has 0 saturated carbocycles. The van der Waals surface area contributed by atoms with Crippen molar-refractivity contribution in [2.24, 2.45) is 0 Å². The lowest BCUT2D eigenvalue weighted by molar-refractivity contribution is -0.122. The molecule has 0 fully saturated rings. The molecule has 0 aliphatic rings. The lowest BCUT2D eigenvalue weighted by Crippen LogP contribution is -2.33. The van der Waals surface area contributed by atoms with E-state index in [1.807, 2.05) is 0 Å². The van der Waals surface area contributed by atoms with Crippen LogP contribution in [-0.2, 0) is 11.3 Å². The van der Waals surface area contributed by atoms with Crippen molar-refractivity contribution in [3.8, 4) is 0 Å². The van der Waals surface area contributed by atoms with E-state index in [1.54, 1.807) is 6.92 Å². The Balaban J connectivity index is 2.02. The SMILES string of the molecule is CC(NC(=O)Cn1cc(N)ccc1=O)c1nn[nH]n1. The topological polar surface area (TPSA) is 132 Å². The maximum atomic E-state index is 11.8. The van der Waals surface area contributed by atoms with E-state index in [2.05, 4.69) is 25.9 Å². The van der Waals surface area contributed by atoms with Gasteiger partial charge in [-0.1, -0.05) is 5.21 Å². The van der Waals surface area contributed by atoms with Gasteiger partial charge in [0.15, 0.2) is 5.82 Å². The van der Waals surface area contributed by atoms with E-state index in [9.17, 15) is 9.59 Å². The molecule has 19 heavy (non-hydrogen) atoms. The number of aromatic nitrogens is 5. The van der Waals surface area contributed by atoms with Crippen LogP contribution in [0.2, 0.25) is 0 Å². The van der Waals surface area contributed by atoms with E-state index < -0.39 is 6.04 Å². The maximum Gasteiger partial charge on any atom is 0.251 e. The lowest BCUT2D eigenvalue weighted by Gasteiger charge is -2.11. The van der Waals surface area contributed by atoms with Gasteiger partial charge in [-0.15, -0.1) is 10.2 Å². The highest BCUT2D eigenvalue weighted by atomic mass is 16.2. The molecule has 2 rings (SSSR count). The van der Waals surface area contributed by atoms with Crippen molar-refractivity contribution in [2.75, 3.05) is 5.73 Å². The van der Waals surface area contributed by atoms with Crippen LogP contribution in [0.1, 0.15) is 18.8 Å². The largest absolute Gasteiger partial charge is 0.398 e. The Morgan fingerprint density at radius 1 is 1.58 bits per heavy atom. The number of pyridine rings is 1. The van der Waals surface area contributed by atoms with E-state index in [-0.39, 0.29) is 18.0 Å². The number of carbonyl (C=O) groups is 1. The van der Waals surface area contributed by atoms with E-state index in [0.717, 1.165) is 0 Å². The van der Waals surface area contributed by atoms with Crippen LogP contribution in [0, 0.1) is 0 Å². The molecule has 0 aliphatic carbocycles. The van der Waals surface area contributed by atoms with Gasteiger partial charge in [0.25, 0.3) is 5.56 Å². The van der Waals surface area contributed by atoms with Crippen molar-refractivity contribution in [3.63, 3.8) is 0 Å². The second kappa shape index (κ2) is 5.29. The van der Waals surface area contributed by atoms with Crippen molar-refractivity contribution in [1.82, 2.24) is 30.5 Å². The Morgan fingerprint density at radius 2 is 2.37 bits per heavy atom.